The fraction of sp³-hybridized carbons (Fsp3) is 0.391. The summed E-state index contributed by atoms with van der Waals surface area (Å²) in [5, 5.41) is 3.19. The molecule has 0 bridgehead atoms. The number of carbonyl (C=O) groups is 2. The van der Waals surface area contributed by atoms with E-state index in [0.29, 0.717) is 12.2 Å². The number of thioether (sulfide) groups is 1. The maximum Gasteiger partial charge on any atom is 0.224 e. The van der Waals surface area contributed by atoms with Crippen molar-refractivity contribution < 1.29 is 14.3 Å². The van der Waals surface area contributed by atoms with Gasteiger partial charge in [-0.2, -0.15) is 0 Å². The van der Waals surface area contributed by atoms with E-state index in [1.54, 1.807) is 0 Å². The molecular weight excluding hydrogens is 370 g/mol. The molecule has 28 heavy (non-hydrogen) atoms. The number of carbonyl (C=O) groups excluding carboxylic acids is 2. The number of benzene rings is 2. The van der Waals surface area contributed by atoms with Gasteiger partial charge in [0.25, 0.3) is 0 Å². The van der Waals surface area contributed by atoms with E-state index in [0.717, 1.165) is 42.9 Å². The molecule has 0 aliphatic rings. The molecule has 0 unspecified atom stereocenters. The highest BCUT2D eigenvalue weighted by molar-refractivity contribution is 8.13. The van der Waals surface area contributed by atoms with Crippen LogP contribution in [-0.2, 0) is 9.59 Å². The molecule has 4 nitrogen and oxygen atoms in total. The molecule has 0 aliphatic heterocycles. The van der Waals surface area contributed by atoms with Crippen LogP contribution in [0, 0.1) is 5.92 Å². The first kappa shape index (κ1) is 22.0. The first-order valence-electron chi connectivity index (χ1n) is 9.84. The highest BCUT2D eigenvalue weighted by atomic mass is 32.2. The molecule has 0 atom stereocenters. The second kappa shape index (κ2) is 12.2. The number of hydrogen-bond donors (Lipinski definition) is 1. The molecule has 0 spiro atoms. The Morgan fingerprint density at radius 3 is 2.39 bits per heavy atom. The summed E-state index contributed by atoms with van der Waals surface area (Å²) in [5.74, 6) is 2.44. The molecule has 0 saturated heterocycles. The molecule has 0 aliphatic carbocycles. The quantitative estimate of drug-likeness (QED) is 0.452. The molecule has 150 valence electrons. The van der Waals surface area contributed by atoms with Crippen molar-refractivity contribution in [2.75, 3.05) is 11.1 Å². The van der Waals surface area contributed by atoms with Gasteiger partial charge in [-0.25, -0.2) is 0 Å². The normalized spacial score (nSPS) is 10.7. The summed E-state index contributed by atoms with van der Waals surface area (Å²) in [7, 11) is 0. The van der Waals surface area contributed by atoms with Crippen LogP contribution in [0.15, 0.2) is 54.6 Å². The number of amides is 1. The maximum atomic E-state index is 12.1. The van der Waals surface area contributed by atoms with Crippen molar-refractivity contribution in [1.82, 2.24) is 0 Å². The first-order chi connectivity index (χ1) is 13.5. The van der Waals surface area contributed by atoms with Crippen molar-refractivity contribution in [3.05, 3.63) is 54.6 Å². The summed E-state index contributed by atoms with van der Waals surface area (Å²) in [6.07, 6.45) is 4.42. The molecule has 1 amide bonds. The zero-order valence-electron chi connectivity index (χ0n) is 16.6. The molecule has 1 N–H and O–H groups in total. The molecule has 0 fully saturated rings. The molecule has 2 aromatic carbocycles. The second-order valence-corrected chi connectivity index (χ2v) is 8.08. The standard InChI is InChI=1S/C23H29NO3S/c1-18(2)23(26)28-16-9-4-3-8-15-22(25)24-19-11-10-14-21(17-19)27-20-12-6-5-7-13-20/h5-7,10-14,17-18H,3-4,8-9,15-16H2,1-2H3,(H,24,25). The number of ether oxygens (including phenoxy) is 1. The van der Waals surface area contributed by atoms with Crippen LogP contribution in [0.1, 0.15) is 46.0 Å². The van der Waals surface area contributed by atoms with Gasteiger partial charge in [0.2, 0.25) is 5.91 Å². The lowest BCUT2D eigenvalue weighted by atomic mass is 10.1. The third-order valence-corrected chi connectivity index (χ3v) is 5.36. The molecule has 0 saturated carbocycles. The van der Waals surface area contributed by atoms with Gasteiger partial charge < -0.3 is 10.1 Å². The molecular formula is C23H29NO3S. The van der Waals surface area contributed by atoms with Crippen molar-refractivity contribution >= 4 is 28.5 Å². The summed E-state index contributed by atoms with van der Waals surface area (Å²) in [5.41, 5.74) is 0.738. The zero-order chi connectivity index (χ0) is 20.2. The smallest absolute Gasteiger partial charge is 0.224 e. The van der Waals surface area contributed by atoms with Crippen LogP contribution >= 0.6 is 11.8 Å². The Hall–Kier alpha value is -2.27. The lowest BCUT2D eigenvalue weighted by Crippen LogP contribution is -2.11. The van der Waals surface area contributed by atoms with Crippen LogP contribution in [-0.4, -0.2) is 16.8 Å². The van der Waals surface area contributed by atoms with E-state index in [1.807, 2.05) is 68.4 Å². The van der Waals surface area contributed by atoms with Gasteiger partial charge >= 0.3 is 0 Å². The second-order valence-electron chi connectivity index (χ2n) is 6.98. The minimum absolute atomic E-state index is 0.0150. The van der Waals surface area contributed by atoms with Gasteiger partial charge in [0.1, 0.15) is 11.5 Å². The molecule has 0 aromatic heterocycles. The molecule has 2 rings (SSSR count). The van der Waals surface area contributed by atoms with Crippen LogP contribution in [0.2, 0.25) is 0 Å². The Morgan fingerprint density at radius 1 is 0.929 bits per heavy atom. The Morgan fingerprint density at radius 2 is 1.64 bits per heavy atom. The number of anilines is 1. The summed E-state index contributed by atoms with van der Waals surface area (Å²) in [6, 6.07) is 17.0. The van der Waals surface area contributed by atoms with Gasteiger partial charge in [0, 0.05) is 29.8 Å². The van der Waals surface area contributed by atoms with Crippen molar-refractivity contribution in [2.45, 2.75) is 46.0 Å². The summed E-state index contributed by atoms with van der Waals surface area (Å²) in [4.78, 5) is 23.7. The van der Waals surface area contributed by atoms with Crippen molar-refractivity contribution in [2.24, 2.45) is 5.92 Å². The number of nitrogens with one attached hydrogen (secondary N) is 1. The van der Waals surface area contributed by atoms with Crippen LogP contribution < -0.4 is 10.1 Å². The van der Waals surface area contributed by atoms with Crippen molar-refractivity contribution in [3.63, 3.8) is 0 Å². The maximum absolute atomic E-state index is 12.1. The largest absolute Gasteiger partial charge is 0.457 e. The number of rotatable bonds is 11. The predicted octanol–water partition coefficient (Wildman–Crippen LogP) is 6.28. The summed E-state index contributed by atoms with van der Waals surface area (Å²) in [6.45, 7) is 3.86. The Labute approximate surface area is 172 Å². The van der Waals surface area contributed by atoms with Crippen molar-refractivity contribution in [1.29, 1.82) is 0 Å². The van der Waals surface area contributed by atoms with E-state index in [2.05, 4.69) is 5.32 Å². The minimum atomic E-state index is 0.0150. The van der Waals surface area contributed by atoms with Crippen LogP contribution in [0.4, 0.5) is 5.69 Å². The third-order valence-electron chi connectivity index (χ3n) is 4.11. The summed E-state index contributed by atoms with van der Waals surface area (Å²) >= 11 is 1.42. The monoisotopic (exact) mass is 399 g/mol. The Bertz CT molecular complexity index is 747. The molecule has 2 aromatic rings. The number of unbranched alkanes of at least 4 members (excludes halogenated alkanes) is 3. The lowest BCUT2D eigenvalue weighted by Gasteiger charge is -2.09. The van der Waals surface area contributed by atoms with Gasteiger partial charge in [-0.05, 0) is 37.1 Å². The van der Waals surface area contributed by atoms with Crippen LogP contribution in [0.25, 0.3) is 0 Å². The highest BCUT2D eigenvalue weighted by Gasteiger charge is 2.07. The predicted molar refractivity (Wildman–Crippen MR) is 117 cm³/mol. The fourth-order valence-corrected chi connectivity index (χ4v) is 3.45. The SMILES string of the molecule is CC(C)C(=O)SCCCCCCC(=O)Nc1cccc(Oc2ccccc2)c1. The molecule has 0 heterocycles. The topological polar surface area (TPSA) is 55.4 Å². The van der Waals surface area contributed by atoms with Gasteiger partial charge in [0.15, 0.2) is 5.12 Å². The fourth-order valence-electron chi connectivity index (χ4n) is 2.57. The van der Waals surface area contributed by atoms with E-state index < -0.39 is 0 Å². The number of hydrogen-bond acceptors (Lipinski definition) is 4. The van der Waals surface area contributed by atoms with Gasteiger partial charge in [-0.3, -0.25) is 9.59 Å². The average Bonchev–Trinajstić information content (AvgIpc) is 2.68. The minimum Gasteiger partial charge on any atom is -0.457 e. The average molecular weight is 400 g/mol. The van der Waals surface area contributed by atoms with E-state index in [4.69, 9.17) is 4.74 Å². The van der Waals surface area contributed by atoms with E-state index in [9.17, 15) is 9.59 Å². The van der Waals surface area contributed by atoms with Crippen LogP contribution in [0.5, 0.6) is 11.5 Å². The van der Waals surface area contributed by atoms with Crippen LogP contribution in [0.3, 0.4) is 0 Å². The molecule has 5 heteroatoms. The van der Waals surface area contributed by atoms with Gasteiger partial charge in [0.05, 0.1) is 0 Å². The number of para-hydroxylation sites is 1. The van der Waals surface area contributed by atoms with E-state index in [-0.39, 0.29) is 16.9 Å². The lowest BCUT2D eigenvalue weighted by molar-refractivity contribution is -0.116. The first-order valence-corrected chi connectivity index (χ1v) is 10.8. The van der Waals surface area contributed by atoms with Gasteiger partial charge in [-0.15, -0.1) is 0 Å². The Kier molecular flexibility index (Phi) is 9.63. The van der Waals surface area contributed by atoms with Crippen molar-refractivity contribution in [3.8, 4) is 11.5 Å². The van der Waals surface area contributed by atoms with Gasteiger partial charge in [-0.1, -0.05) is 62.7 Å². The van der Waals surface area contributed by atoms with E-state index >= 15 is 0 Å². The Balaban J connectivity index is 1.64. The zero-order valence-corrected chi connectivity index (χ0v) is 17.5. The van der Waals surface area contributed by atoms with E-state index in [1.165, 1.54) is 11.8 Å². The molecule has 0 radical (unpaired) electrons. The highest BCUT2D eigenvalue weighted by Crippen LogP contribution is 2.24. The summed E-state index contributed by atoms with van der Waals surface area (Å²) < 4.78 is 5.79. The third kappa shape index (κ3) is 8.61.